The van der Waals surface area contributed by atoms with Gasteiger partial charge in [-0.25, -0.2) is 14.8 Å². The highest BCUT2D eigenvalue weighted by atomic mass is 32.1. The number of terminal acetylenes is 1. The van der Waals surface area contributed by atoms with Crippen molar-refractivity contribution in [1.29, 1.82) is 0 Å². The molecule has 2 aromatic heterocycles. The lowest BCUT2D eigenvalue weighted by atomic mass is 10.4. The van der Waals surface area contributed by atoms with Crippen LogP contribution in [0.15, 0.2) is 10.8 Å². The van der Waals surface area contributed by atoms with Crippen LogP contribution in [-0.2, 0) is 4.74 Å². The number of nitrogens with zero attached hydrogens (tertiary/aromatic N) is 2. The van der Waals surface area contributed by atoms with E-state index < -0.39 is 11.8 Å². The van der Waals surface area contributed by atoms with E-state index in [1.54, 1.807) is 17.7 Å². The number of ketones is 1. The van der Waals surface area contributed by atoms with Crippen LogP contribution in [0.3, 0.4) is 0 Å². The number of aromatic nitrogens is 2. The highest BCUT2D eigenvalue weighted by molar-refractivity contribution is 7.15. The minimum atomic E-state index is -0.472. The zero-order valence-electron chi connectivity index (χ0n) is 9.87. The summed E-state index contributed by atoms with van der Waals surface area (Å²) in [6, 6.07) is 0. The van der Waals surface area contributed by atoms with E-state index >= 15 is 0 Å². The van der Waals surface area contributed by atoms with Gasteiger partial charge >= 0.3 is 5.97 Å². The first kappa shape index (κ1) is 13.4. The van der Waals surface area contributed by atoms with Crippen LogP contribution in [0.4, 0.5) is 0 Å². The molecule has 0 spiro atoms. The van der Waals surface area contributed by atoms with Crippen LogP contribution in [0.5, 0.6) is 0 Å². The summed E-state index contributed by atoms with van der Waals surface area (Å²) in [5, 5.41) is 4.06. The van der Waals surface area contributed by atoms with Gasteiger partial charge in [0, 0.05) is 10.8 Å². The van der Waals surface area contributed by atoms with E-state index in [0.29, 0.717) is 17.3 Å². The van der Waals surface area contributed by atoms with E-state index in [-0.39, 0.29) is 10.7 Å². The molecule has 2 aromatic rings. The first-order chi connectivity index (χ1) is 9.15. The van der Waals surface area contributed by atoms with Gasteiger partial charge in [0.05, 0.1) is 6.61 Å². The summed E-state index contributed by atoms with van der Waals surface area (Å²) in [5.41, 5.74) is 0.767. The molecule has 96 valence electrons. The molecule has 0 aliphatic carbocycles. The summed E-state index contributed by atoms with van der Waals surface area (Å²) in [4.78, 5) is 31.0. The summed E-state index contributed by atoms with van der Waals surface area (Å²) >= 11 is 2.41. The third-order valence-corrected chi connectivity index (χ3v) is 3.74. The van der Waals surface area contributed by atoms with Crippen LogP contribution in [0, 0.1) is 12.3 Å². The van der Waals surface area contributed by atoms with Crippen LogP contribution < -0.4 is 0 Å². The van der Waals surface area contributed by atoms with E-state index in [1.807, 2.05) is 5.92 Å². The molecular formula is C12H8N2O3S2. The van der Waals surface area contributed by atoms with Gasteiger partial charge in [-0.1, -0.05) is 0 Å². The number of hydrogen-bond donors (Lipinski definition) is 0. The molecular weight excluding hydrogens is 284 g/mol. The van der Waals surface area contributed by atoms with Gasteiger partial charge in [0.1, 0.15) is 10.7 Å². The Hall–Kier alpha value is -2.04. The Morgan fingerprint density at radius 2 is 2.16 bits per heavy atom. The topological polar surface area (TPSA) is 69.2 Å². The van der Waals surface area contributed by atoms with E-state index in [2.05, 4.69) is 9.97 Å². The summed E-state index contributed by atoms with van der Waals surface area (Å²) in [6.07, 6.45) is 5.02. The van der Waals surface area contributed by atoms with E-state index in [1.165, 1.54) is 11.3 Å². The molecule has 7 heteroatoms. The van der Waals surface area contributed by atoms with Crippen molar-refractivity contribution in [3.63, 3.8) is 0 Å². The summed E-state index contributed by atoms with van der Waals surface area (Å²) < 4.78 is 4.84. The molecule has 5 nitrogen and oxygen atoms in total. The molecule has 19 heavy (non-hydrogen) atoms. The Kier molecular flexibility index (Phi) is 4.04. The summed E-state index contributed by atoms with van der Waals surface area (Å²) in [5.74, 6) is 1.07. The maximum atomic E-state index is 11.5. The van der Waals surface area contributed by atoms with Crippen molar-refractivity contribution < 1.29 is 14.3 Å². The molecule has 0 fully saturated rings. The molecule has 0 aromatic carbocycles. The van der Waals surface area contributed by atoms with E-state index in [4.69, 9.17) is 11.2 Å². The SMILES string of the molecule is C#CC(=O)c1nc(-c2nc(C(=O)OCC)cs2)cs1. The van der Waals surface area contributed by atoms with Crippen LogP contribution in [0.2, 0.25) is 0 Å². The average Bonchev–Trinajstić information content (AvgIpc) is 3.06. The van der Waals surface area contributed by atoms with Gasteiger partial charge in [0.15, 0.2) is 10.7 Å². The molecule has 0 bridgehead atoms. The van der Waals surface area contributed by atoms with Crippen molar-refractivity contribution in [3.8, 4) is 23.0 Å². The average molecular weight is 292 g/mol. The molecule has 0 saturated heterocycles. The summed E-state index contributed by atoms with van der Waals surface area (Å²) in [7, 11) is 0. The normalized spacial score (nSPS) is 9.89. The second-order valence-corrected chi connectivity index (χ2v) is 4.99. The predicted octanol–water partition coefficient (Wildman–Crippen LogP) is 2.26. The number of ether oxygens (including phenoxy) is 1. The van der Waals surface area contributed by atoms with Gasteiger partial charge < -0.3 is 4.74 Å². The number of hydrogen-bond acceptors (Lipinski definition) is 7. The lowest BCUT2D eigenvalue weighted by Gasteiger charge is -1.95. The molecule has 0 saturated carbocycles. The Balaban J connectivity index is 2.24. The van der Waals surface area contributed by atoms with Gasteiger partial charge in [-0.15, -0.1) is 29.1 Å². The van der Waals surface area contributed by atoms with Gasteiger partial charge in [-0.05, 0) is 12.8 Å². The van der Waals surface area contributed by atoms with Gasteiger partial charge in [-0.3, -0.25) is 4.79 Å². The lowest BCUT2D eigenvalue weighted by molar-refractivity contribution is 0.0520. The second-order valence-electron chi connectivity index (χ2n) is 3.27. The zero-order valence-corrected chi connectivity index (χ0v) is 11.5. The fraction of sp³-hybridized carbons (Fsp3) is 0.167. The largest absolute Gasteiger partial charge is 0.461 e. The molecule has 0 atom stereocenters. The van der Waals surface area contributed by atoms with E-state index in [9.17, 15) is 9.59 Å². The third kappa shape index (κ3) is 2.86. The van der Waals surface area contributed by atoms with Crippen molar-refractivity contribution in [1.82, 2.24) is 9.97 Å². The zero-order chi connectivity index (χ0) is 13.8. The third-order valence-electron chi connectivity index (χ3n) is 2.04. The second kappa shape index (κ2) is 5.73. The standard InChI is InChI=1S/C12H8N2O3S2/c1-3-9(15)11-13-7(5-19-11)10-14-8(6-18-10)12(16)17-4-2/h1,5-6H,4H2,2H3. The van der Waals surface area contributed by atoms with Crippen molar-refractivity contribution in [2.45, 2.75) is 6.92 Å². The van der Waals surface area contributed by atoms with Crippen LogP contribution >= 0.6 is 22.7 Å². The smallest absolute Gasteiger partial charge is 0.357 e. The Morgan fingerprint density at radius 3 is 2.84 bits per heavy atom. The molecule has 0 amide bonds. The van der Waals surface area contributed by atoms with Crippen LogP contribution in [0.1, 0.15) is 27.2 Å². The predicted molar refractivity (Wildman–Crippen MR) is 72.3 cm³/mol. The molecule has 0 unspecified atom stereocenters. The lowest BCUT2D eigenvalue weighted by Crippen LogP contribution is -2.04. The van der Waals surface area contributed by atoms with Crippen molar-refractivity contribution in [2.24, 2.45) is 0 Å². The van der Waals surface area contributed by atoms with Crippen LogP contribution in [-0.4, -0.2) is 28.3 Å². The molecule has 2 heterocycles. The fourth-order valence-electron chi connectivity index (χ4n) is 1.23. The van der Waals surface area contributed by atoms with Crippen molar-refractivity contribution in [3.05, 3.63) is 21.5 Å². The number of rotatable bonds is 4. The minimum absolute atomic E-state index is 0.236. The fourth-order valence-corrected chi connectivity index (χ4v) is 2.76. The highest BCUT2D eigenvalue weighted by Gasteiger charge is 2.16. The molecule has 0 aliphatic heterocycles. The maximum absolute atomic E-state index is 11.5. The Morgan fingerprint density at radius 1 is 1.37 bits per heavy atom. The van der Waals surface area contributed by atoms with Crippen molar-refractivity contribution >= 4 is 34.4 Å². The van der Waals surface area contributed by atoms with E-state index in [0.717, 1.165) is 11.3 Å². The number of carbonyl (C=O) groups is 2. The Labute approximate surface area is 117 Å². The first-order valence-electron chi connectivity index (χ1n) is 5.25. The number of esters is 1. The van der Waals surface area contributed by atoms with Gasteiger partial charge in [0.2, 0.25) is 0 Å². The number of Topliss-reactive ketones (excluding diaryl/α,β-unsaturated/α-hetero) is 1. The molecule has 0 radical (unpaired) electrons. The minimum Gasteiger partial charge on any atom is -0.461 e. The monoisotopic (exact) mass is 292 g/mol. The number of thiazole rings is 2. The van der Waals surface area contributed by atoms with Gasteiger partial charge in [0.25, 0.3) is 5.78 Å². The van der Waals surface area contributed by atoms with Gasteiger partial charge in [-0.2, -0.15) is 0 Å². The maximum Gasteiger partial charge on any atom is 0.357 e. The Bertz CT molecular complexity index is 667. The first-order valence-corrected chi connectivity index (χ1v) is 7.01. The molecule has 2 rings (SSSR count). The molecule has 0 N–H and O–H groups in total. The summed E-state index contributed by atoms with van der Waals surface area (Å²) in [6.45, 7) is 2.02. The van der Waals surface area contributed by atoms with Crippen LogP contribution in [0.25, 0.3) is 10.7 Å². The van der Waals surface area contributed by atoms with Crippen molar-refractivity contribution in [2.75, 3.05) is 6.61 Å². The highest BCUT2D eigenvalue weighted by Crippen LogP contribution is 2.25. The quantitative estimate of drug-likeness (QED) is 0.374. The molecule has 0 aliphatic rings. The number of carbonyl (C=O) groups excluding carboxylic acids is 2.